The molecule has 0 heterocycles. The Morgan fingerprint density at radius 3 is 2.33 bits per heavy atom. The Bertz CT molecular complexity index is 60.8. The molecule has 1 heteroatoms. The summed E-state index contributed by atoms with van der Waals surface area (Å²) in [7, 11) is 1.88. The lowest BCUT2D eigenvalue weighted by Crippen LogP contribution is -2.08. The van der Waals surface area contributed by atoms with E-state index < -0.39 is 0 Å². The van der Waals surface area contributed by atoms with Crippen molar-refractivity contribution in [3.8, 4) is 12.5 Å². The van der Waals surface area contributed by atoms with Gasteiger partial charge in [-0.1, -0.05) is 6.42 Å². The lowest BCUT2D eigenvalue weighted by atomic mass is 10.7. The molecule has 0 fully saturated rings. The van der Waals surface area contributed by atoms with E-state index in [1.807, 2.05) is 14.0 Å². The van der Waals surface area contributed by atoms with Crippen molar-refractivity contribution in [1.82, 2.24) is 4.90 Å². The molecule has 0 aromatic carbocycles. The molecule has 0 aromatic rings. The predicted molar refractivity (Wildman–Crippen MR) is 27.1 cm³/mol. The van der Waals surface area contributed by atoms with Crippen molar-refractivity contribution in [2.75, 3.05) is 13.6 Å². The van der Waals surface area contributed by atoms with Crippen molar-refractivity contribution < 1.29 is 0 Å². The fraction of sp³-hybridized carbons (Fsp3) is 0.600. The third kappa shape index (κ3) is 1.66. The smallest absolute Gasteiger partial charge is 0.0228 e. The number of hydrogen-bond donors (Lipinski definition) is 0. The van der Waals surface area contributed by atoms with Gasteiger partial charge in [0.1, 0.15) is 0 Å². The Hall–Kier alpha value is -0.640. The molecule has 0 spiro atoms. The molecular formula is C5H9N. The molecule has 0 unspecified atom stereocenters. The van der Waals surface area contributed by atoms with Crippen LogP contribution in [0.2, 0.25) is 0 Å². The third-order valence-electron chi connectivity index (χ3n) is 0.695. The molecule has 0 radical (unpaired) electrons. The summed E-state index contributed by atoms with van der Waals surface area (Å²) in [5, 5.41) is 0. The molecule has 6 heavy (non-hydrogen) atoms. The predicted octanol–water partition coefficient (Wildman–Crippen LogP) is 0.529. The molecule has 0 aliphatic heterocycles. The molecule has 1 nitrogen and oxygen atoms in total. The van der Waals surface area contributed by atoms with Crippen LogP contribution in [0.15, 0.2) is 0 Å². The molecule has 0 aliphatic rings. The largest absolute Gasteiger partial charge is 0.336 e. The van der Waals surface area contributed by atoms with Crippen LogP contribution in [0.4, 0.5) is 0 Å². The van der Waals surface area contributed by atoms with E-state index >= 15 is 0 Å². The van der Waals surface area contributed by atoms with Gasteiger partial charge in [-0.2, -0.15) is 0 Å². The minimum absolute atomic E-state index is 0.927. The van der Waals surface area contributed by atoms with Crippen molar-refractivity contribution in [3.63, 3.8) is 0 Å². The summed E-state index contributed by atoms with van der Waals surface area (Å²) < 4.78 is 0. The van der Waals surface area contributed by atoms with Gasteiger partial charge in [-0.05, 0) is 6.92 Å². The Morgan fingerprint density at radius 2 is 2.33 bits per heavy atom. The maximum Gasteiger partial charge on any atom is 0.0228 e. The van der Waals surface area contributed by atoms with E-state index in [0.29, 0.717) is 0 Å². The van der Waals surface area contributed by atoms with Gasteiger partial charge >= 0.3 is 0 Å². The number of hydrogen-bond acceptors (Lipinski definition) is 1. The van der Waals surface area contributed by atoms with Crippen LogP contribution in [-0.2, 0) is 0 Å². The zero-order chi connectivity index (χ0) is 4.99. The van der Waals surface area contributed by atoms with Crippen LogP contribution in [-0.4, -0.2) is 18.5 Å². The van der Waals surface area contributed by atoms with Crippen molar-refractivity contribution in [2.24, 2.45) is 0 Å². The van der Waals surface area contributed by atoms with Crippen LogP contribution < -0.4 is 0 Å². The molecule has 0 N–H and O–H groups in total. The van der Waals surface area contributed by atoms with Gasteiger partial charge in [-0.15, -0.1) is 0 Å². The highest BCUT2D eigenvalue weighted by atomic mass is 15.0. The van der Waals surface area contributed by atoms with E-state index in [-0.39, 0.29) is 0 Å². The SMILES string of the molecule is C#CN(C)CC. The summed E-state index contributed by atoms with van der Waals surface area (Å²) >= 11 is 0. The minimum atomic E-state index is 0.927. The zero-order valence-corrected chi connectivity index (χ0v) is 4.23. The third-order valence-corrected chi connectivity index (χ3v) is 0.695. The second-order valence-corrected chi connectivity index (χ2v) is 1.14. The molecule has 0 aliphatic carbocycles. The minimum Gasteiger partial charge on any atom is -0.336 e. The molecular weight excluding hydrogens is 74.1 g/mol. The van der Waals surface area contributed by atoms with Gasteiger partial charge in [0.05, 0.1) is 0 Å². The van der Waals surface area contributed by atoms with Crippen molar-refractivity contribution >= 4 is 0 Å². The fourth-order valence-corrected chi connectivity index (χ4v) is 0.0913. The first-order chi connectivity index (χ1) is 2.81. The van der Waals surface area contributed by atoms with Crippen molar-refractivity contribution in [1.29, 1.82) is 0 Å². The molecule has 0 saturated heterocycles. The first kappa shape index (κ1) is 5.36. The molecule has 0 atom stereocenters. The lowest BCUT2D eigenvalue weighted by molar-refractivity contribution is 0.513. The Kier molecular flexibility index (Phi) is 2.31. The molecule has 0 aromatic heterocycles. The van der Waals surface area contributed by atoms with E-state index in [1.165, 1.54) is 0 Å². The summed E-state index contributed by atoms with van der Waals surface area (Å²) in [5.74, 6) is 0. The van der Waals surface area contributed by atoms with E-state index in [2.05, 4.69) is 6.04 Å². The second kappa shape index (κ2) is 2.59. The Labute approximate surface area is 39.0 Å². The average Bonchev–Trinajstić information content (AvgIpc) is 1.65. The van der Waals surface area contributed by atoms with E-state index in [4.69, 9.17) is 6.42 Å². The van der Waals surface area contributed by atoms with Gasteiger partial charge < -0.3 is 4.90 Å². The van der Waals surface area contributed by atoms with Gasteiger partial charge in [-0.25, -0.2) is 0 Å². The fourth-order valence-electron chi connectivity index (χ4n) is 0.0913. The van der Waals surface area contributed by atoms with E-state index in [0.717, 1.165) is 6.54 Å². The second-order valence-electron chi connectivity index (χ2n) is 1.14. The number of nitrogens with zero attached hydrogens (tertiary/aromatic N) is 1. The van der Waals surface area contributed by atoms with E-state index in [9.17, 15) is 0 Å². The quantitative estimate of drug-likeness (QED) is 0.330. The summed E-state index contributed by atoms with van der Waals surface area (Å²) in [6.45, 7) is 2.94. The van der Waals surface area contributed by atoms with Gasteiger partial charge in [0.15, 0.2) is 0 Å². The Balaban J connectivity index is 3.04. The average molecular weight is 83.1 g/mol. The monoisotopic (exact) mass is 83.1 g/mol. The normalized spacial score (nSPS) is 6.83. The zero-order valence-electron chi connectivity index (χ0n) is 4.23. The van der Waals surface area contributed by atoms with Gasteiger partial charge in [0.2, 0.25) is 0 Å². The Morgan fingerprint density at radius 1 is 1.83 bits per heavy atom. The maximum absolute atomic E-state index is 4.96. The van der Waals surface area contributed by atoms with E-state index in [1.54, 1.807) is 4.90 Å². The first-order valence-corrected chi connectivity index (χ1v) is 1.98. The van der Waals surface area contributed by atoms with Crippen LogP contribution >= 0.6 is 0 Å². The lowest BCUT2D eigenvalue weighted by Gasteiger charge is -2.02. The van der Waals surface area contributed by atoms with Crippen molar-refractivity contribution in [3.05, 3.63) is 0 Å². The molecule has 0 bridgehead atoms. The number of terminal acetylenes is 1. The van der Waals surface area contributed by atoms with Crippen LogP contribution in [0, 0.1) is 12.5 Å². The molecule has 0 amide bonds. The van der Waals surface area contributed by atoms with Gasteiger partial charge in [-0.3, -0.25) is 0 Å². The van der Waals surface area contributed by atoms with Crippen LogP contribution in [0.25, 0.3) is 0 Å². The highest BCUT2D eigenvalue weighted by Crippen LogP contribution is 1.69. The molecule has 0 rings (SSSR count). The summed E-state index contributed by atoms with van der Waals surface area (Å²) in [5.41, 5.74) is 0. The molecule has 34 valence electrons. The summed E-state index contributed by atoms with van der Waals surface area (Å²) in [6, 6.07) is 2.45. The summed E-state index contributed by atoms with van der Waals surface area (Å²) in [4.78, 5) is 1.78. The van der Waals surface area contributed by atoms with Crippen LogP contribution in [0.1, 0.15) is 6.92 Å². The highest BCUT2D eigenvalue weighted by Gasteiger charge is 1.75. The van der Waals surface area contributed by atoms with Crippen LogP contribution in [0.5, 0.6) is 0 Å². The van der Waals surface area contributed by atoms with Crippen molar-refractivity contribution in [2.45, 2.75) is 6.92 Å². The molecule has 0 saturated carbocycles. The number of rotatable bonds is 1. The van der Waals surface area contributed by atoms with Crippen LogP contribution in [0.3, 0.4) is 0 Å². The topological polar surface area (TPSA) is 3.24 Å². The summed E-state index contributed by atoms with van der Waals surface area (Å²) in [6.07, 6.45) is 4.96. The maximum atomic E-state index is 4.96. The standard InChI is InChI=1S/C5H9N/c1-4-6(3)5-2/h1H,5H2,2-3H3. The van der Waals surface area contributed by atoms with Gasteiger partial charge in [0.25, 0.3) is 0 Å². The first-order valence-electron chi connectivity index (χ1n) is 1.98. The highest BCUT2D eigenvalue weighted by molar-refractivity contribution is 4.80. The van der Waals surface area contributed by atoms with Gasteiger partial charge in [0, 0.05) is 19.6 Å².